The molecule has 0 saturated heterocycles. The third-order valence-corrected chi connectivity index (χ3v) is 3.09. The standard InChI is InChI=1S/C14H17F3N2O3/c1-4-22-13(21)8(2)9(3)19-12(20)10-6-5-7-18-11(10)14(15,16)17/h5-9H,4H2,1-3H3,(H,19,20). The van der Waals surface area contributed by atoms with Crippen LogP contribution in [0.25, 0.3) is 0 Å². The van der Waals surface area contributed by atoms with Gasteiger partial charge < -0.3 is 10.1 Å². The molecule has 0 aliphatic carbocycles. The number of pyridine rings is 1. The molecule has 0 aliphatic heterocycles. The zero-order chi connectivity index (χ0) is 16.9. The minimum Gasteiger partial charge on any atom is -0.466 e. The van der Waals surface area contributed by atoms with Crippen LogP contribution in [-0.4, -0.2) is 29.5 Å². The molecule has 22 heavy (non-hydrogen) atoms. The molecule has 1 rings (SSSR count). The van der Waals surface area contributed by atoms with Crippen molar-refractivity contribution in [3.05, 3.63) is 29.6 Å². The Hall–Kier alpha value is -2.12. The molecule has 0 fully saturated rings. The number of hydrogen-bond acceptors (Lipinski definition) is 4. The van der Waals surface area contributed by atoms with Crippen LogP contribution in [0, 0.1) is 5.92 Å². The van der Waals surface area contributed by atoms with Gasteiger partial charge in [-0.05, 0) is 32.9 Å². The van der Waals surface area contributed by atoms with Crippen LogP contribution in [0.3, 0.4) is 0 Å². The van der Waals surface area contributed by atoms with Crippen LogP contribution in [-0.2, 0) is 15.7 Å². The summed E-state index contributed by atoms with van der Waals surface area (Å²) in [5.41, 5.74) is -1.85. The molecule has 0 radical (unpaired) electrons. The number of alkyl halides is 3. The average Bonchev–Trinajstić information content (AvgIpc) is 2.45. The maximum atomic E-state index is 12.8. The van der Waals surface area contributed by atoms with Crippen LogP contribution in [0.4, 0.5) is 13.2 Å². The first-order valence-electron chi connectivity index (χ1n) is 6.68. The Balaban J connectivity index is 2.88. The van der Waals surface area contributed by atoms with E-state index in [4.69, 9.17) is 4.74 Å². The Kier molecular flexibility index (Phi) is 5.90. The smallest absolute Gasteiger partial charge is 0.434 e. The molecule has 122 valence electrons. The Morgan fingerprint density at radius 1 is 1.36 bits per heavy atom. The van der Waals surface area contributed by atoms with E-state index in [1.165, 1.54) is 19.9 Å². The topological polar surface area (TPSA) is 68.3 Å². The summed E-state index contributed by atoms with van der Waals surface area (Å²) >= 11 is 0. The quantitative estimate of drug-likeness (QED) is 0.847. The molecule has 5 nitrogen and oxygen atoms in total. The summed E-state index contributed by atoms with van der Waals surface area (Å²) in [7, 11) is 0. The molecule has 1 aromatic rings. The normalized spacial score (nSPS) is 14.1. The number of hydrogen-bond donors (Lipinski definition) is 1. The first-order chi connectivity index (χ1) is 10.2. The molecule has 1 heterocycles. The van der Waals surface area contributed by atoms with Gasteiger partial charge in [0, 0.05) is 12.2 Å². The molecule has 1 aromatic heterocycles. The molecule has 8 heteroatoms. The Bertz CT molecular complexity index is 546. The molecule has 1 amide bonds. The van der Waals surface area contributed by atoms with Crippen LogP contribution in [0.2, 0.25) is 0 Å². The lowest BCUT2D eigenvalue weighted by molar-refractivity contribution is -0.148. The van der Waals surface area contributed by atoms with Gasteiger partial charge in [0.05, 0.1) is 18.1 Å². The van der Waals surface area contributed by atoms with Gasteiger partial charge in [0.25, 0.3) is 5.91 Å². The monoisotopic (exact) mass is 318 g/mol. The van der Waals surface area contributed by atoms with E-state index >= 15 is 0 Å². The molecule has 0 aliphatic rings. The first-order valence-corrected chi connectivity index (χ1v) is 6.68. The van der Waals surface area contributed by atoms with E-state index in [0.717, 1.165) is 12.3 Å². The molecule has 0 aromatic carbocycles. The number of carbonyl (C=O) groups is 2. The van der Waals surface area contributed by atoms with Crippen molar-refractivity contribution in [2.75, 3.05) is 6.61 Å². The van der Waals surface area contributed by atoms with Crippen LogP contribution >= 0.6 is 0 Å². The van der Waals surface area contributed by atoms with Gasteiger partial charge in [-0.15, -0.1) is 0 Å². The summed E-state index contributed by atoms with van der Waals surface area (Å²) in [5, 5.41) is 2.37. The van der Waals surface area contributed by atoms with Gasteiger partial charge in [0.15, 0.2) is 5.69 Å². The van der Waals surface area contributed by atoms with E-state index in [9.17, 15) is 22.8 Å². The van der Waals surface area contributed by atoms with E-state index in [0.29, 0.717) is 0 Å². The van der Waals surface area contributed by atoms with Gasteiger partial charge in [-0.3, -0.25) is 14.6 Å². The fourth-order valence-electron chi connectivity index (χ4n) is 1.70. The summed E-state index contributed by atoms with van der Waals surface area (Å²) in [6.07, 6.45) is -3.77. The Labute approximate surface area is 125 Å². The highest BCUT2D eigenvalue weighted by molar-refractivity contribution is 5.95. The third kappa shape index (κ3) is 4.44. The van der Waals surface area contributed by atoms with Crippen molar-refractivity contribution in [3.8, 4) is 0 Å². The third-order valence-electron chi connectivity index (χ3n) is 3.09. The fourth-order valence-corrected chi connectivity index (χ4v) is 1.70. The second-order valence-corrected chi connectivity index (χ2v) is 4.70. The van der Waals surface area contributed by atoms with Crippen molar-refractivity contribution in [3.63, 3.8) is 0 Å². The van der Waals surface area contributed by atoms with Crippen LogP contribution in [0.15, 0.2) is 18.3 Å². The number of amides is 1. The lowest BCUT2D eigenvalue weighted by atomic mass is 10.0. The SMILES string of the molecule is CCOC(=O)C(C)C(C)NC(=O)c1cccnc1C(F)(F)F. The number of nitrogens with zero attached hydrogens (tertiary/aromatic N) is 1. The minimum atomic E-state index is -4.73. The number of esters is 1. The molecule has 1 N–H and O–H groups in total. The highest BCUT2D eigenvalue weighted by Gasteiger charge is 2.37. The van der Waals surface area contributed by atoms with Gasteiger partial charge in [-0.1, -0.05) is 0 Å². The van der Waals surface area contributed by atoms with Crippen molar-refractivity contribution >= 4 is 11.9 Å². The van der Waals surface area contributed by atoms with Crippen LogP contribution in [0.1, 0.15) is 36.8 Å². The number of ether oxygens (including phenoxy) is 1. The summed E-state index contributed by atoms with van der Waals surface area (Å²) in [6, 6.07) is 1.59. The van der Waals surface area contributed by atoms with E-state index in [1.54, 1.807) is 6.92 Å². The van der Waals surface area contributed by atoms with E-state index in [1.807, 2.05) is 0 Å². The largest absolute Gasteiger partial charge is 0.466 e. The summed E-state index contributed by atoms with van der Waals surface area (Å²) in [4.78, 5) is 26.8. The average molecular weight is 318 g/mol. The highest BCUT2D eigenvalue weighted by Crippen LogP contribution is 2.30. The highest BCUT2D eigenvalue weighted by atomic mass is 19.4. The maximum absolute atomic E-state index is 12.8. The van der Waals surface area contributed by atoms with E-state index < -0.39 is 41.3 Å². The van der Waals surface area contributed by atoms with Gasteiger partial charge in [-0.2, -0.15) is 13.2 Å². The fraction of sp³-hybridized carbons (Fsp3) is 0.500. The molecular formula is C14H17F3N2O3. The van der Waals surface area contributed by atoms with Crippen molar-refractivity contribution in [2.24, 2.45) is 5.92 Å². The summed E-state index contributed by atoms with van der Waals surface area (Å²) in [6.45, 7) is 4.86. The molecule has 2 atom stereocenters. The van der Waals surface area contributed by atoms with Crippen molar-refractivity contribution < 1.29 is 27.5 Å². The molecule has 0 bridgehead atoms. The number of nitrogens with one attached hydrogen (secondary N) is 1. The van der Waals surface area contributed by atoms with Gasteiger partial charge in [-0.25, -0.2) is 0 Å². The number of rotatable bonds is 5. The Morgan fingerprint density at radius 2 is 2.00 bits per heavy atom. The first kappa shape index (κ1) is 17.9. The summed E-state index contributed by atoms with van der Waals surface area (Å²) < 4.78 is 43.3. The van der Waals surface area contributed by atoms with Crippen LogP contribution < -0.4 is 5.32 Å². The molecule has 0 spiro atoms. The predicted molar refractivity (Wildman–Crippen MR) is 72.0 cm³/mol. The summed E-state index contributed by atoms with van der Waals surface area (Å²) in [5.74, 6) is -2.16. The van der Waals surface area contributed by atoms with Gasteiger partial charge in [0.1, 0.15) is 0 Å². The van der Waals surface area contributed by atoms with E-state index in [2.05, 4.69) is 10.3 Å². The zero-order valence-electron chi connectivity index (χ0n) is 12.4. The van der Waals surface area contributed by atoms with Crippen molar-refractivity contribution in [1.82, 2.24) is 10.3 Å². The lowest BCUT2D eigenvalue weighted by Crippen LogP contribution is -2.41. The number of carbonyl (C=O) groups excluding carboxylic acids is 2. The predicted octanol–water partition coefficient (Wildman–Crippen LogP) is 2.42. The Morgan fingerprint density at radius 3 is 2.55 bits per heavy atom. The van der Waals surface area contributed by atoms with Gasteiger partial charge in [0.2, 0.25) is 0 Å². The van der Waals surface area contributed by atoms with Crippen molar-refractivity contribution in [1.29, 1.82) is 0 Å². The lowest BCUT2D eigenvalue weighted by Gasteiger charge is -2.20. The van der Waals surface area contributed by atoms with Gasteiger partial charge >= 0.3 is 12.1 Å². The van der Waals surface area contributed by atoms with E-state index in [-0.39, 0.29) is 6.61 Å². The number of aromatic nitrogens is 1. The zero-order valence-corrected chi connectivity index (χ0v) is 12.4. The molecular weight excluding hydrogens is 301 g/mol. The van der Waals surface area contributed by atoms with Crippen LogP contribution in [0.5, 0.6) is 0 Å². The molecule has 2 unspecified atom stereocenters. The second kappa shape index (κ2) is 7.24. The van der Waals surface area contributed by atoms with Crippen molar-refractivity contribution in [2.45, 2.75) is 33.0 Å². The molecule has 0 saturated carbocycles. The maximum Gasteiger partial charge on any atom is 0.434 e. The minimum absolute atomic E-state index is 0.185. The second-order valence-electron chi connectivity index (χ2n) is 4.70. The number of halogens is 3.